The van der Waals surface area contributed by atoms with Gasteiger partial charge in [0.15, 0.2) is 5.65 Å². The van der Waals surface area contributed by atoms with Crippen molar-refractivity contribution in [2.75, 3.05) is 12.4 Å². The lowest BCUT2D eigenvalue weighted by Crippen LogP contribution is -2.18. The summed E-state index contributed by atoms with van der Waals surface area (Å²) in [6.45, 7) is 0. The van der Waals surface area contributed by atoms with Gasteiger partial charge in [-0.25, -0.2) is 32.6 Å². The van der Waals surface area contributed by atoms with E-state index in [1.807, 2.05) is 12.1 Å². The maximum atomic E-state index is 11.8. The minimum atomic E-state index is -3.47. The number of hydrogen-bond acceptors (Lipinski definition) is 7. The maximum absolute atomic E-state index is 11.8. The molecule has 0 amide bonds. The summed E-state index contributed by atoms with van der Waals surface area (Å²) >= 11 is 0. The molecule has 0 atom stereocenters. The molecule has 0 saturated carbocycles. The summed E-state index contributed by atoms with van der Waals surface area (Å²) in [6, 6.07) is 11.8. The van der Waals surface area contributed by atoms with E-state index in [-0.39, 0.29) is 4.90 Å². The molecule has 27 heavy (non-hydrogen) atoms. The van der Waals surface area contributed by atoms with Crippen molar-refractivity contribution in [3.05, 3.63) is 61.1 Å². The lowest BCUT2D eigenvalue weighted by atomic mass is 10.3. The van der Waals surface area contributed by atoms with Crippen molar-refractivity contribution in [2.45, 2.75) is 4.90 Å². The van der Waals surface area contributed by atoms with E-state index in [1.165, 1.54) is 19.2 Å². The number of anilines is 2. The fourth-order valence-electron chi connectivity index (χ4n) is 2.53. The van der Waals surface area contributed by atoms with E-state index in [9.17, 15) is 8.42 Å². The van der Waals surface area contributed by atoms with E-state index in [0.717, 1.165) is 11.3 Å². The lowest BCUT2D eigenvalue weighted by Gasteiger charge is -2.07. The molecule has 10 heteroatoms. The molecule has 0 fully saturated rings. The van der Waals surface area contributed by atoms with E-state index in [4.69, 9.17) is 0 Å². The molecule has 0 aliphatic rings. The first-order valence-corrected chi connectivity index (χ1v) is 9.48. The highest BCUT2D eigenvalue weighted by molar-refractivity contribution is 7.89. The first-order valence-electron chi connectivity index (χ1n) is 8.00. The Kier molecular flexibility index (Phi) is 4.26. The molecule has 0 saturated heterocycles. The van der Waals surface area contributed by atoms with Crippen molar-refractivity contribution < 1.29 is 8.42 Å². The average Bonchev–Trinajstić information content (AvgIpc) is 3.13. The summed E-state index contributed by atoms with van der Waals surface area (Å²) in [5, 5.41) is 7.35. The van der Waals surface area contributed by atoms with E-state index in [1.54, 1.807) is 41.3 Å². The molecule has 3 heterocycles. The highest BCUT2D eigenvalue weighted by atomic mass is 32.2. The maximum Gasteiger partial charge on any atom is 0.240 e. The van der Waals surface area contributed by atoms with Gasteiger partial charge in [-0.15, -0.1) is 0 Å². The molecule has 0 aliphatic heterocycles. The summed E-state index contributed by atoms with van der Waals surface area (Å²) in [6.07, 6.45) is 5.01. The van der Waals surface area contributed by atoms with Gasteiger partial charge in [-0.05, 0) is 49.5 Å². The highest BCUT2D eigenvalue weighted by Gasteiger charge is 2.12. The summed E-state index contributed by atoms with van der Waals surface area (Å²) in [5.41, 5.74) is 2.79. The first-order chi connectivity index (χ1) is 13.1. The number of nitrogens with zero attached hydrogens (tertiary/aromatic N) is 5. The standard InChI is InChI=1S/C17H15N7O2S/c1-18-27(25,26)13-6-4-12(5-7-13)22-17-19-10-8-14(23-17)15-11-20-16-3-2-9-21-24(15)16/h2-11,18H,1H3,(H,19,22,23). The number of imidazole rings is 1. The van der Waals surface area contributed by atoms with Crippen LogP contribution in [0, 0.1) is 0 Å². The Morgan fingerprint density at radius 1 is 1.00 bits per heavy atom. The van der Waals surface area contributed by atoms with Crippen molar-refractivity contribution in [1.82, 2.24) is 29.3 Å². The van der Waals surface area contributed by atoms with Crippen LogP contribution in [0.4, 0.5) is 11.6 Å². The second-order valence-corrected chi connectivity index (χ2v) is 7.45. The predicted octanol–water partition coefficient (Wildman–Crippen LogP) is 1.84. The van der Waals surface area contributed by atoms with E-state index in [0.29, 0.717) is 17.3 Å². The van der Waals surface area contributed by atoms with E-state index < -0.39 is 10.0 Å². The molecule has 0 spiro atoms. The molecule has 136 valence electrons. The van der Waals surface area contributed by atoms with Crippen LogP contribution in [0.5, 0.6) is 0 Å². The van der Waals surface area contributed by atoms with Gasteiger partial charge in [0.25, 0.3) is 0 Å². The number of fused-ring (bicyclic) bond motifs is 1. The van der Waals surface area contributed by atoms with Crippen LogP contribution in [0.1, 0.15) is 0 Å². The van der Waals surface area contributed by atoms with Gasteiger partial charge in [0.2, 0.25) is 16.0 Å². The Labute approximate surface area is 155 Å². The van der Waals surface area contributed by atoms with Crippen LogP contribution in [0.25, 0.3) is 17.0 Å². The Hall–Kier alpha value is -3.37. The number of hydrogen-bond donors (Lipinski definition) is 2. The Bertz CT molecular complexity index is 1200. The third-order valence-corrected chi connectivity index (χ3v) is 5.32. The van der Waals surface area contributed by atoms with Gasteiger partial charge in [-0.2, -0.15) is 5.10 Å². The van der Waals surface area contributed by atoms with Gasteiger partial charge >= 0.3 is 0 Å². The van der Waals surface area contributed by atoms with Gasteiger partial charge in [0, 0.05) is 18.1 Å². The predicted molar refractivity (Wildman–Crippen MR) is 100.0 cm³/mol. The Balaban J connectivity index is 1.62. The Morgan fingerprint density at radius 2 is 1.81 bits per heavy atom. The minimum absolute atomic E-state index is 0.182. The smallest absolute Gasteiger partial charge is 0.240 e. The van der Waals surface area contributed by atoms with Crippen LogP contribution in [0.2, 0.25) is 0 Å². The van der Waals surface area contributed by atoms with Crippen LogP contribution >= 0.6 is 0 Å². The monoisotopic (exact) mass is 381 g/mol. The molecule has 0 radical (unpaired) electrons. The molecule has 2 N–H and O–H groups in total. The zero-order valence-electron chi connectivity index (χ0n) is 14.2. The van der Waals surface area contributed by atoms with Crippen molar-refractivity contribution in [1.29, 1.82) is 0 Å². The molecule has 3 aromatic heterocycles. The van der Waals surface area contributed by atoms with Gasteiger partial charge < -0.3 is 5.32 Å². The summed E-state index contributed by atoms with van der Waals surface area (Å²) in [4.78, 5) is 13.2. The lowest BCUT2D eigenvalue weighted by molar-refractivity contribution is 0.588. The molecule has 0 bridgehead atoms. The Morgan fingerprint density at radius 3 is 2.59 bits per heavy atom. The molecule has 1 aromatic carbocycles. The van der Waals surface area contributed by atoms with Crippen molar-refractivity contribution in [2.24, 2.45) is 0 Å². The summed E-state index contributed by atoms with van der Waals surface area (Å²) < 4.78 is 27.5. The normalized spacial score (nSPS) is 11.6. The SMILES string of the molecule is CNS(=O)(=O)c1ccc(Nc2nccc(-c3cnc4cccnn34)n2)cc1. The molecular weight excluding hydrogens is 366 g/mol. The fraction of sp³-hybridized carbons (Fsp3) is 0.0588. The molecule has 9 nitrogen and oxygen atoms in total. The van der Waals surface area contributed by atoms with E-state index >= 15 is 0 Å². The number of sulfonamides is 1. The largest absolute Gasteiger partial charge is 0.324 e. The van der Waals surface area contributed by atoms with Gasteiger partial charge in [-0.3, -0.25) is 0 Å². The zero-order valence-corrected chi connectivity index (χ0v) is 15.1. The second-order valence-electron chi connectivity index (χ2n) is 5.56. The van der Waals surface area contributed by atoms with Gasteiger partial charge in [-0.1, -0.05) is 0 Å². The van der Waals surface area contributed by atoms with Crippen molar-refractivity contribution >= 4 is 27.3 Å². The van der Waals surface area contributed by atoms with Gasteiger partial charge in [0.05, 0.1) is 16.8 Å². The second kappa shape index (κ2) is 6.74. The van der Waals surface area contributed by atoms with Crippen LogP contribution in [-0.2, 0) is 10.0 Å². The first kappa shape index (κ1) is 17.1. The highest BCUT2D eigenvalue weighted by Crippen LogP contribution is 2.21. The quantitative estimate of drug-likeness (QED) is 0.542. The van der Waals surface area contributed by atoms with Gasteiger partial charge in [0.1, 0.15) is 5.69 Å². The van der Waals surface area contributed by atoms with Crippen molar-refractivity contribution in [3.63, 3.8) is 0 Å². The van der Waals surface area contributed by atoms with E-state index in [2.05, 4.69) is 30.1 Å². The van der Waals surface area contributed by atoms with Crippen LogP contribution in [0.15, 0.2) is 66.0 Å². The average molecular weight is 381 g/mol. The summed E-state index contributed by atoms with van der Waals surface area (Å²) in [7, 11) is -2.10. The van der Waals surface area contributed by atoms with Crippen LogP contribution in [0.3, 0.4) is 0 Å². The zero-order chi connectivity index (χ0) is 18.9. The molecule has 4 aromatic rings. The van der Waals surface area contributed by atoms with Crippen molar-refractivity contribution in [3.8, 4) is 11.4 Å². The number of benzene rings is 1. The number of rotatable bonds is 5. The summed E-state index contributed by atoms with van der Waals surface area (Å²) in [5.74, 6) is 0.377. The minimum Gasteiger partial charge on any atom is -0.324 e. The third-order valence-electron chi connectivity index (χ3n) is 3.89. The number of aromatic nitrogens is 5. The third kappa shape index (κ3) is 3.35. The fourth-order valence-corrected chi connectivity index (χ4v) is 3.26. The molecule has 0 unspecified atom stereocenters. The van der Waals surface area contributed by atoms with Crippen LogP contribution < -0.4 is 10.0 Å². The molecule has 4 rings (SSSR count). The molecule has 0 aliphatic carbocycles. The number of nitrogens with one attached hydrogen (secondary N) is 2. The molecular formula is C17H15N7O2S. The topological polar surface area (TPSA) is 114 Å². The van der Waals surface area contributed by atoms with Crippen LogP contribution in [-0.4, -0.2) is 40.0 Å².